The fraction of sp³-hybridized carbons (Fsp3) is 1.00. The lowest BCUT2D eigenvalue weighted by molar-refractivity contribution is 0.0153. The van der Waals surface area contributed by atoms with Gasteiger partial charge in [0.05, 0.1) is 12.2 Å². The van der Waals surface area contributed by atoms with Gasteiger partial charge in [0.1, 0.15) is 0 Å². The minimum Gasteiger partial charge on any atom is -0.400 e. The van der Waals surface area contributed by atoms with Crippen molar-refractivity contribution in [1.82, 2.24) is 0 Å². The molecule has 0 bridgehead atoms. The van der Waals surface area contributed by atoms with E-state index in [9.17, 15) is 10.2 Å². The van der Waals surface area contributed by atoms with E-state index in [1.807, 2.05) is 0 Å². The van der Waals surface area contributed by atoms with Gasteiger partial charge in [0.2, 0.25) is 0 Å². The molecule has 4 saturated carbocycles. The van der Waals surface area contributed by atoms with Gasteiger partial charge < -0.3 is 15.3 Å². The first-order valence-corrected chi connectivity index (χ1v) is 12.5. The first-order valence-electron chi connectivity index (χ1n) is 12.5. The zero-order chi connectivity index (χ0) is 19.9. The third kappa shape index (κ3) is 5.95. The third-order valence-electron chi connectivity index (χ3n) is 8.95. The number of aliphatic hydroxyl groups excluding tert-OH is 3. The Balaban J connectivity index is 0.00000109. The van der Waals surface area contributed by atoms with Crippen LogP contribution < -0.4 is 0 Å². The fourth-order valence-electron chi connectivity index (χ4n) is 7.36. The third-order valence-corrected chi connectivity index (χ3v) is 8.95. The van der Waals surface area contributed by atoms with E-state index in [2.05, 4.69) is 0 Å². The van der Waals surface area contributed by atoms with Crippen LogP contribution in [0.25, 0.3) is 0 Å². The molecule has 3 heteroatoms. The highest BCUT2D eigenvalue weighted by atomic mass is 16.3. The Morgan fingerprint density at radius 1 is 0.393 bits per heavy atom. The van der Waals surface area contributed by atoms with Gasteiger partial charge >= 0.3 is 0 Å². The summed E-state index contributed by atoms with van der Waals surface area (Å²) in [4.78, 5) is 0. The number of hydrogen-bond acceptors (Lipinski definition) is 3. The van der Waals surface area contributed by atoms with Gasteiger partial charge in [-0.25, -0.2) is 0 Å². The Hall–Kier alpha value is -0.120. The van der Waals surface area contributed by atoms with E-state index in [-0.39, 0.29) is 12.2 Å². The molecule has 3 nitrogen and oxygen atoms in total. The van der Waals surface area contributed by atoms with E-state index < -0.39 is 0 Å². The molecular weight excluding hydrogens is 348 g/mol. The SMILES string of the molecule is CO.OC1CCC(C2CC(C3CCCCC3)CC(C3CCC(O)CC3)C2)CC1. The van der Waals surface area contributed by atoms with Crippen LogP contribution in [0.1, 0.15) is 103 Å². The Bertz CT molecular complexity index is 388. The summed E-state index contributed by atoms with van der Waals surface area (Å²) in [6.45, 7) is 0. The molecule has 0 spiro atoms. The maximum absolute atomic E-state index is 9.94. The van der Waals surface area contributed by atoms with Crippen molar-refractivity contribution in [3.05, 3.63) is 0 Å². The average molecular weight is 395 g/mol. The van der Waals surface area contributed by atoms with Crippen molar-refractivity contribution >= 4 is 0 Å². The van der Waals surface area contributed by atoms with Gasteiger partial charge in [-0.2, -0.15) is 0 Å². The zero-order valence-electron chi connectivity index (χ0n) is 18.3. The standard InChI is InChI=1S/C24H42O2.CH4O/c25-23-10-6-18(7-11-23)21-14-20(17-4-2-1-3-5-17)15-22(16-21)19-8-12-24(26)13-9-19;1-2/h17-26H,1-16H2;2H,1H3. The van der Waals surface area contributed by atoms with E-state index in [1.54, 1.807) is 0 Å². The van der Waals surface area contributed by atoms with Crippen molar-refractivity contribution in [2.75, 3.05) is 7.11 Å². The van der Waals surface area contributed by atoms with Gasteiger partial charge in [-0.15, -0.1) is 0 Å². The van der Waals surface area contributed by atoms with Crippen LogP contribution >= 0.6 is 0 Å². The van der Waals surface area contributed by atoms with Crippen LogP contribution in [0.3, 0.4) is 0 Å². The Kier molecular flexibility index (Phi) is 9.12. The minimum atomic E-state index is -0.0142. The lowest BCUT2D eigenvalue weighted by Crippen LogP contribution is -2.37. The number of rotatable bonds is 3. The fourth-order valence-corrected chi connectivity index (χ4v) is 7.36. The topological polar surface area (TPSA) is 60.7 Å². The van der Waals surface area contributed by atoms with E-state index in [4.69, 9.17) is 5.11 Å². The van der Waals surface area contributed by atoms with Crippen LogP contribution in [-0.2, 0) is 0 Å². The van der Waals surface area contributed by atoms with Crippen molar-refractivity contribution in [2.45, 2.75) is 115 Å². The molecule has 0 aromatic rings. The lowest BCUT2D eigenvalue weighted by atomic mass is 9.59. The summed E-state index contributed by atoms with van der Waals surface area (Å²) in [5.41, 5.74) is 0. The predicted octanol–water partition coefficient (Wildman–Crippen LogP) is 5.31. The molecule has 0 aromatic heterocycles. The van der Waals surface area contributed by atoms with Gasteiger partial charge in [0, 0.05) is 7.11 Å². The van der Waals surface area contributed by atoms with E-state index in [1.165, 1.54) is 77.0 Å². The van der Waals surface area contributed by atoms with Crippen LogP contribution in [0.5, 0.6) is 0 Å². The second-order valence-electron chi connectivity index (χ2n) is 10.5. The molecule has 164 valence electrons. The minimum absolute atomic E-state index is 0.0142. The number of hydrogen-bond donors (Lipinski definition) is 3. The summed E-state index contributed by atoms with van der Waals surface area (Å²) in [6, 6.07) is 0. The van der Waals surface area contributed by atoms with Gasteiger partial charge in [-0.05, 0) is 106 Å². The smallest absolute Gasteiger partial charge is 0.0540 e. The van der Waals surface area contributed by atoms with Crippen LogP contribution in [0.2, 0.25) is 0 Å². The van der Waals surface area contributed by atoms with Crippen LogP contribution in [0, 0.1) is 35.5 Å². The molecule has 4 fully saturated rings. The molecule has 2 unspecified atom stereocenters. The van der Waals surface area contributed by atoms with E-state index >= 15 is 0 Å². The summed E-state index contributed by atoms with van der Waals surface area (Å²) < 4.78 is 0. The van der Waals surface area contributed by atoms with Crippen LogP contribution in [0.4, 0.5) is 0 Å². The molecule has 4 aliphatic carbocycles. The summed E-state index contributed by atoms with van der Waals surface area (Å²) >= 11 is 0. The Morgan fingerprint density at radius 3 is 1.07 bits per heavy atom. The monoisotopic (exact) mass is 394 g/mol. The van der Waals surface area contributed by atoms with Crippen molar-refractivity contribution in [1.29, 1.82) is 0 Å². The van der Waals surface area contributed by atoms with Crippen molar-refractivity contribution in [3.8, 4) is 0 Å². The lowest BCUT2D eigenvalue weighted by Gasteiger charge is -2.47. The van der Waals surface area contributed by atoms with Gasteiger partial charge in [0.25, 0.3) is 0 Å². The van der Waals surface area contributed by atoms with Gasteiger partial charge in [-0.3, -0.25) is 0 Å². The van der Waals surface area contributed by atoms with Crippen molar-refractivity contribution in [2.24, 2.45) is 35.5 Å². The Morgan fingerprint density at radius 2 is 0.714 bits per heavy atom. The van der Waals surface area contributed by atoms with Gasteiger partial charge in [-0.1, -0.05) is 32.1 Å². The van der Waals surface area contributed by atoms with E-state index in [0.29, 0.717) is 0 Å². The van der Waals surface area contributed by atoms with Crippen LogP contribution in [0.15, 0.2) is 0 Å². The van der Waals surface area contributed by atoms with Crippen molar-refractivity contribution in [3.63, 3.8) is 0 Å². The maximum atomic E-state index is 9.94. The van der Waals surface area contributed by atoms with Crippen molar-refractivity contribution < 1.29 is 15.3 Å². The van der Waals surface area contributed by atoms with Crippen LogP contribution in [-0.4, -0.2) is 34.6 Å². The summed E-state index contributed by atoms with van der Waals surface area (Å²) in [6.07, 6.45) is 21.2. The molecule has 4 aliphatic rings. The summed E-state index contributed by atoms with van der Waals surface area (Å²) in [5.74, 6) is 5.64. The molecule has 28 heavy (non-hydrogen) atoms. The highest BCUT2D eigenvalue weighted by molar-refractivity contribution is 4.91. The molecule has 4 rings (SSSR count). The zero-order valence-corrected chi connectivity index (χ0v) is 18.3. The molecule has 2 atom stereocenters. The normalized spacial score (nSPS) is 43.1. The second-order valence-corrected chi connectivity index (χ2v) is 10.5. The maximum Gasteiger partial charge on any atom is 0.0540 e. The molecule has 0 aromatic carbocycles. The molecular formula is C25H46O3. The predicted molar refractivity (Wildman–Crippen MR) is 115 cm³/mol. The highest BCUT2D eigenvalue weighted by Gasteiger charge is 2.40. The molecule has 0 aliphatic heterocycles. The molecule has 3 N–H and O–H groups in total. The number of aliphatic hydroxyl groups is 3. The first-order chi connectivity index (χ1) is 13.7. The molecule has 0 amide bonds. The first kappa shape index (κ1) is 22.6. The Labute approximate surface area is 173 Å². The van der Waals surface area contributed by atoms with E-state index in [0.717, 1.165) is 68.3 Å². The molecule has 0 heterocycles. The summed E-state index contributed by atoms with van der Waals surface area (Å²) in [5, 5.41) is 26.9. The quantitative estimate of drug-likeness (QED) is 0.608. The second kappa shape index (κ2) is 11.3. The largest absolute Gasteiger partial charge is 0.400 e. The highest BCUT2D eigenvalue weighted by Crippen LogP contribution is 2.50. The average Bonchev–Trinajstić information content (AvgIpc) is 2.76. The molecule has 0 saturated heterocycles. The molecule has 0 radical (unpaired) electrons. The summed E-state index contributed by atoms with van der Waals surface area (Å²) in [7, 11) is 1.00. The van der Waals surface area contributed by atoms with Gasteiger partial charge in [0.15, 0.2) is 0 Å².